The summed E-state index contributed by atoms with van der Waals surface area (Å²) in [5, 5.41) is 13.4. The number of aromatic nitrogens is 3. The number of fused-ring (bicyclic) bond motifs is 3. The van der Waals surface area contributed by atoms with Crippen LogP contribution in [0, 0.1) is 0 Å². The molecule has 3 heterocycles. The van der Waals surface area contributed by atoms with Gasteiger partial charge in [-0.05, 0) is 36.8 Å². The molecule has 1 aliphatic rings. The van der Waals surface area contributed by atoms with Crippen LogP contribution in [-0.2, 0) is 0 Å². The van der Waals surface area contributed by atoms with E-state index in [1.54, 1.807) is 11.8 Å². The highest BCUT2D eigenvalue weighted by Crippen LogP contribution is 2.40. The van der Waals surface area contributed by atoms with Gasteiger partial charge in [0, 0.05) is 27.6 Å². The smallest absolute Gasteiger partial charge is 0.247 e. The highest BCUT2D eigenvalue weighted by atomic mass is 35.5. The van der Waals surface area contributed by atoms with Gasteiger partial charge in [-0.15, -0.1) is 10.2 Å². The SMILES string of the molecule is CCCSc1nnc2c(n1)OC(c1ccc(-c3cccc(Cl)c3)o1)Nc1ccccc1-2. The highest BCUT2D eigenvalue weighted by molar-refractivity contribution is 7.99. The number of rotatable bonds is 5. The zero-order chi connectivity index (χ0) is 21.2. The fraction of sp³-hybridized carbons (Fsp3) is 0.174. The first-order valence-corrected chi connectivity index (χ1v) is 11.3. The number of hydrogen-bond donors (Lipinski definition) is 1. The third-order valence-electron chi connectivity index (χ3n) is 4.76. The van der Waals surface area contributed by atoms with E-state index >= 15 is 0 Å². The van der Waals surface area contributed by atoms with Crippen LogP contribution in [0.2, 0.25) is 5.02 Å². The van der Waals surface area contributed by atoms with Gasteiger partial charge in [-0.2, -0.15) is 4.98 Å². The zero-order valence-electron chi connectivity index (χ0n) is 16.7. The van der Waals surface area contributed by atoms with Gasteiger partial charge in [0.15, 0.2) is 11.5 Å². The summed E-state index contributed by atoms with van der Waals surface area (Å²) in [6.45, 7) is 2.12. The van der Waals surface area contributed by atoms with Gasteiger partial charge in [0.25, 0.3) is 0 Å². The number of thioether (sulfide) groups is 1. The van der Waals surface area contributed by atoms with Crippen LogP contribution in [0.5, 0.6) is 5.88 Å². The largest absolute Gasteiger partial charge is 0.455 e. The molecule has 1 unspecified atom stereocenters. The summed E-state index contributed by atoms with van der Waals surface area (Å²) in [4.78, 5) is 4.63. The Morgan fingerprint density at radius 2 is 1.97 bits per heavy atom. The van der Waals surface area contributed by atoms with Crippen LogP contribution < -0.4 is 10.1 Å². The highest BCUT2D eigenvalue weighted by Gasteiger charge is 2.28. The van der Waals surface area contributed by atoms with Gasteiger partial charge in [-0.3, -0.25) is 0 Å². The number of para-hydroxylation sites is 1. The molecular formula is C23H19ClN4O2S. The molecule has 0 saturated carbocycles. The van der Waals surface area contributed by atoms with Crippen LogP contribution in [0.1, 0.15) is 25.3 Å². The lowest BCUT2D eigenvalue weighted by Gasteiger charge is -2.16. The monoisotopic (exact) mass is 450 g/mol. The van der Waals surface area contributed by atoms with Crippen LogP contribution in [-0.4, -0.2) is 20.9 Å². The Balaban J connectivity index is 1.53. The Labute approximate surface area is 189 Å². The maximum absolute atomic E-state index is 6.26. The molecule has 1 N–H and O–H groups in total. The Morgan fingerprint density at radius 1 is 1.06 bits per heavy atom. The van der Waals surface area contributed by atoms with Crippen molar-refractivity contribution < 1.29 is 9.15 Å². The Bertz CT molecular complexity index is 1230. The van der Waals surface area contributed by atoms with E-state index in [0.717, 1.165) is 29.0 Å². The summed E-state index contributed by atoms with van der Waals surface area (Å²) in [6.07, 6.45) is 0.452. The first kappa shape index (κ1) is 19.9. The molecule has 0 amide bonds. The van der Waals surface area contributed by atoms with E-state index in [1.165, 1.54) is 0 Å². The molecule has 0 fully saturated rings. The lowest BCUT2D eigenvalue weighted by Crippen LogP contribution is -2.16. The number of furan rings is 1. The van der Waals surface area contributed by atoms with Gasteiger partial charge >= 0.3 is 0 Å². The third kappa shape index (κ3) is 4.11. The molecule has 5 rings (SSSR count). The van der Waals surface area contributed by atoms with Gasteiger partial charge < -0.3 is 14.5 Å². The molecule has 0 bridgehead atoms. The molecule has 4 aromatic rings. The molecule has 1 aliphatic heterocycles. The zero-order valence-corrected chi connectivity index (χ0v) is 18.3. The van der Waals surface area contributed by atoms with Crippen molar-refractivity contribution in [2.75, 3.05) is 11.1 Å². The van der Waals surface area contributed by atoms with E-state index < -0.39 is 6.23 Å². The van der Waals surface area contributed by atoms with E-state index in [-0.39, 0.29) is 0 Å². The predicted octanol–water partition coefficient (Wildman–Crippen LogP) is 6.46. The Hall–Kier alpha value is -3.03. The molecule has 156 valence electrons. The standard InChI is InChI=1S/C23H19ClN4O2S/c1-2-12-31-23-26-22-20(27-28-23)16-8-3-4-9-17(16)25-21(30-22)19-11-10-18(29-19)14-6-5-7-15(24)13-14/h3-11,13,21,25H,2,12H2,1H3. The predicted molar refractivity (Wildman–Crippen MR) is 122 cm³/mol. The topological polar surface area (TPSA) is 73.1 Å². The lowest BCUT2D eigenvalue weighted by molar-refractivity contribution is 0.196. The number of nitrogens with zero attached hydrogens (tertiary/aromatic N) is 3. The quantitative estimate of drug-likeness (QED) is 0.350. The molecule has 0 aliphatic carbocycles. The number of hydrogen-bond acceptors (Lipinski definition) is 7. The van der Waals surface area contributed by atoms with Crippen molar-refractivity contribution in [2.45, 2.75) is 24.7 Å². The third-order valence-corrected chi connectivity index (χ3v) is 6.04. The molecule has 8 heteroatoms. The molecular weight excluding hydrogens is 432 g/mol. The van der Waals surface area contributed by atoms with E-state index in [2.05, 4.69) is 27.4 Å². The van der Waals surface area contributed by atoms with Crippen molar-refractivity contribution in [1.29, 1.82) is 0 Å². The first-order valence-electron chi connectivity index (χ1n) is 9.97. The summed E-state index contributed by atoms with van der Waals surface area (Å²) < 4.78 is 12.4. The van der Waals surface area contributed by atoms with Crippen LogP contribution in [0.15, 0.2) is 70.2 Å². The van der Waals surface area contributed by atoms with Crippen molar-refractivity contribution in [3.8, 4) is 28.5 Å². The minimum Gasteiger partial charge on any atom is -0.455 e. The first-order chi connectivity index (χ1) is 15.2. The lowest BCUT2D eigenvalue weighted by atomic mass is 10.1. The average Bonchev–Trinajstić information content (AvgIpc) is 3.22. The fourth-order valence-corrected chi connectivity index (χ4v) is 4.14. The minimum absolute atomic E-state index is 0.428. The van der Waals surface area contributed by atoms with Crippen molar-refractivity contribution in [3.05, 3.63) is 71.4 Å². The molecule has 2 aromatic heterocycles. The van der Waals surface area contributed by atoms with Crippen molar-refractivity contribution >= 4 is 29.1 Å². The molecule has 0 saturated heterocycles. The number of benzene rings is 2. The molecule has 0 spiro atoms. The van der Waals surface area contributed by atoms with Crippen molar-refractivity contribution in [2.24, 2.45) is 0 Å². The second-order valence-electron chi connectivity index (χ2n) is 7.00. The summed E-state index contributed by atoms with van der Waals surface area (Å²) >= 11 is 7.69. The van der Waals surface area contributed by atoms with Gasteiger partial charge in [0.05, 0.1) is 0 Å². The van der Waals surface area contributed by atoms with Crippen molar-refractivity contribution in [3.63, 3.8) is 0 Å². The van der Waals surface area contributed by atoms with Crippen LogP contribution in [0.25, 0.3) is 22.6 Å². The minimum atomic E-state index is -0.573. The number of nitrogens with one attached hydrogen (secondary N) is 1. The maximum atomic E-state index is 6.26. The van der Waals surface area contributed by atoms with Crippen LogP contribution >= 0.6 is 23.4 Å². The average molecular weight is 451 g/mol. The van der Waals surface area contributed by atoms with Crippen molar-refractivity contribution in [1.82, 2.24) is 15.2 Å². The summed E-state index contributed by atoms with van der Waals surface area (Å²) in [5.41, 5.74) is 3.26. The molecule has 1 atom stereocenters. The van der Waals surface area contributed by atoms with Gasteiger partial charge in [-0.25, -0.2) is 0 Å². The van der Waals surface area contributed by atoms with Crippen LogP contribution in [0.3, 0.4) is 0 Å². The molecule has 6 nitrogen and oxygen atoms in total. The molecule has 31 heavy (non-hydrogen) atoms. The van der Waals surface area contributed by atoms with Gasteiger partial charge in [0.1, 0.15) is 5.76 Å². The van der Waals surface area contributed by atoms with Crippen LogP contribution in [0.4, 0.5) is 5.69 Å². The van der Waals surface area contributed by atoms with E-state index in [0.29, 0.717) is 33.3 Å². The Kier molecular flexibility index (Phi) is 5.53. The van der Waals surface area contributed by atoms with E-state index in [4.69, 9.17) is 20.8 Å². The van der Waals surface area contributed by atoms with E-state index in [1.807, 2.05) is 60.7 Å². The summed E-state index contributed by atoms with van der Waals surface area (Å²) in [5.74, 6) is 2.68. The molecule has 2 aromatic carbocycles. The van der Waals surface area contributed by atoms with Gasteiger partial charge in [0.2, 0.25) is 17.3 Å². The number of anilines is 1. The summed E-state index contributed by atoms with van der Waals surface area (Å²) in [7, 11) is 0. The molecule has 0 radical (unpaired) electrons. The fourth-order valence-electron chi connectivity index (χ4n) is 3.32. The second kappa shape index (κ2) is 8.61. The van der Waals surface area contributed by atoms with E-state index in [9.17, 15) is 0 Å². The van der Waals surface area contributed by atoms with Gasteiger partial charge in [-0.1, -0.05) is 60.6 Å². The summed E-state index contributed by atoms with van der Waals surface area (Å²) in [6, 6.07) is 19.2. The Morgan fingerprint density at radius 3 is 2.84 bits per heavy atom. The normalized spacial score (nSPS) is 14.7. The number of ether oxygens (including phenoxy) is 1. The second-order valence-corrected chi connectivity index (χ2v) is 8.50. The number of halogens is 1. The maximum Gasteiger partial charge on any atom is 0.247 e.